The maximum atomic E-state index is 12.8. The van der Waals surface area contributed by atoms with Gasteiger partial charge in [-0.1, -0.05) is 6.92 Å². The summed E-state index contributed by atoms with van der Waals surface area (Å²) >= 11 is 0. The second-order valence-corrected chi connectivity index (χ2v) is 9.93. The molecule has 2 atom stereocenters. The number of anilines is 1. The van der Waals surface area contributed by atoms with Gasteiger partial charge in [0.1, 0.15) is 0 Å². The van der Waals surface area contributed by atoms with Gasteiger partial charge in [-0.3, -0.25) is 4.79 Å². The molecule has 2 unspecified atom stereocenters. The van der Waals surface area contributed by atoms with E-state index in [9.17, 15) is 13.2 Å². The largest absolute Gasteiger partial charge is 0.383 e. The van der Waals surface area contributed by atoms with Crippen LogP contribution in [-0.4, -0.2) is 63.4 Å². The minimum Gasteiger partial charge on any atom is -0.383 e. The standard InChI is InChI=1S/C21H30N4O4S/c1-5-16(13-29-3)23-20(26)15-7-6-10-25(12-15)21-22-14(2)18-9-8-17(30(4,27)28)11-19(18)24-21/h8-9,11,15-16H,5-7,10,12-13H2,1-4H3,(H,23,26). The van der Waals surface area contributed by atoms with Crippen LogP contribution in [-0.2, 0) is 19.4 Å². The first-order chi connectivity index (χ1) is 14.2. The molecule has 1 amide bonds. The summed E-state index contributed by atoms with van der Waals surface area (Å²) in [5.74, 6) is 0.416. The van der Waals surface area contributed by atoms with Gasteiger partial charge >= 0.3 is 0 Å². The van der Waals surface area contributed by atoms with E-state index in [1.165, 1.54) is 6.26 Å². The van der Waals surface area contributed by atoms with Crippen LogP contribution in [0.4, 0.5) is 5.95 Å². The third-order valence-corrected chi connectivity index (χ3v) is 6.67. The third kappa shape index (κ3) is 5.07. The Hall–Kier alpha value is -2.26. The van der Waals surface area contributed by atoms with Crippen LogP contribution >= 0.6 is 0 Å². The van der Waals surface area contributed by atoms with Crippen molar-refractivity contribution in [3.8, 4) is 0 Å². The average Bonchev–Trinajstić information content (AvgIpc) is 2.72. The number of hydrogen-bond acceptors (Lipinski definition) is 7. The van der Waals surface area contributed by atoms with E-state index in [0.717, 1.165) is 36.9 Å². The molecule has 0 aliphatic carbocycles. The van der Waals surface area contributed by atoms with Gasteiger partial charge in [0.15, 0.2) is 9.84 Å². The summed E-state index contributed by atoms with van der Waals surface area (Å²) in [6.45, 7) is 5.70. The van der Waals surface area contributed by atoms with Gasteiger partial charge in [0, 0.05) is 31.8 Å². The van der Waals surface area contributed by atoms with Gasteiger partial charge in [-0.05, 0) is 44.4 Å². The molecule has 0 spiro atoms. The Labute approximate surface area is 178 Å². The fraction of sp³-hybridized carbons (Fsp3) is 0.571. The number of carbonyl (C=O) groups is 1. The van der Waals surface area contributed by atoms with Crippen LogP contribution in [0, 0.1) is 12.8 Å². The normalized spacial score (nSPS) is 18.4. The molecule has 0 radical (unpaired) electrons. The molecule has 0 bridgehead atoms. The van der Waals surface area contributed by atoms with Crippen molar-refractivity contribution in [1.82, 2.24) is 15.3 Å². The SMILES string of the molecule is CCC(COC)NC(=O)C1CCCN(c2nc(C)c3ccc(S(C)(=O)=O)cc3n2)C1. The van der Waals surface area contributed by atoms with Gasteiger partial charge in [-0.15, -0.1) is 0 Å². The summed E-state index contributed by atoms with van der Waals surface area (Å²) in [7, 11) is -1.69. The van der Waals surface area contributed by atoms with Crippen molar-refractivity contribution in [1.29, 1.82) is 0 Å². The number of rotatable bonds is 7. The zero-order chi connectivity index (χ0) is 21.9. The topological polar surface area (TPSA) is 101 Å². The number of piperidine rings is 1. The average molecular weight is 435 g/mol. The minimum absolute atomic E-state index is 0.00598. The summed E-state index contributed by atoms with van der Waals surface area (Å²) in [4.78, 5) is 24.3. The Morgan fingerprint density at radius 3 is 2.80 bits per heavy atom. The van der Waals surface area contributed by atoms with Gasteiger partial charge in [-0.2, -0.15) is 0 Å². The lowest BCUT2D eigenvalue weighted by molar-refractivity contribution is -0.126. The van der Waals surface area contributed by atoms with Crippen molar-refractivity contribution in [2.45, 2.75) is 44.0 Å². The molecule has 2 aromatic rings. The lowest BCUT2D eigenvalue weighted by Gasteiger charge is -2.33. The molecule has 1 N–H and O–H groups in total. The predicted octanol–water partition coefficient (Wildman–Crippen LogP) is 2.10. The maximum Gasteiger partial charge on any atom is 0.226 e. The van der Waals surface area contributed by atoms with Gasteiger partial charge < -0.3 is 15.0 Å². The number of methoxy groups -OCH3 is 1. The van der Waals surface area contributed by atoms with E-state index >= 15 is 0 Å². The van der Waals surface area contributed by atoms with E-state index in [0.29, 0.717) is 24.6 Å². The predicted molar refractivity (Wildman–Crippen MR) is 116 cm³/mol. The minimum atomic E-state index is -3.32. The summed E-state index contributed by atoms with van der Waals surface area (Å²) in [6.07, 6.45) is 3.68. The van der Waals surface area contributed by atoms with Crippen LogP contribution in [0.2, 0.25) is 0 Å². The summed E-state index contributed by atoms with van der Waals surface area (Å²) in [6, 6.07) is 4.93. The van der Waals surface area contributed by atoms with Gasteiger partial charge in [0.2, 0.25) is 11.9 Å². The van der Waals surface area contributed by atoms with E-state index in [-0.39, 0.29) is 22.8 Å². The zero-order valence-electron chi connectivity index (χ0n) is 18.0. The second kappa shape index (κ2) is 9.26. The molecule has 1 aliphatic heterocycles. The summed E-state index contributed by atoms with van der Waals surface area (Å²) in [5.41, 5.74) is 1.38. The highest BCUT2D eigenvalue weighted by atomic mass is 32.2. The molecule has 9 heteroatoms. The van der Waals surface area contributed by atoms with Crippen LogP contribution in [0.3, 0.4) is 0 Å². The number of amides is 1. The quantitative estimate of drug-likeness (QED) is 0.712. The van der Waals surface area contributed by atoms with E-state index in [1.807, 2.05) is 18.7 Å². The van der Waals surface area contributed by atoms with Crippen molar-refractivity contribution in [2.75, 3.05) is 38.0 Å². The van der Waals surface area contributed by atoms with Crippen LogP contribution < -0.4 is 10.2 Å². The van der Waals surface area contributed by atoms with Gasteiger partial charge in [0.25, 0.3) is 0 Å². The van der Waals surface area contributed by atoms with E-state index in [4.69, 9.17) is 4.74 Å². The van der Waals surface area contributed by atoms with Crippen LogP contribution in [0.5, 0.6) is 0 Å². The Morgan fingerprint density at radius 1 is 1.37 bits per heavy atom. The molecule has 1 saturated heterocycles. The molecule has 30 heavy (non-hydrogen) atoms. The van der Waals surface area contributed by atoms with Crippen molar-refractivity contribution in [3.05, 3.63) is 23.9 Å². The molecule has 0 saturated carbocycles. The van der Waals surface area contributed by atoms with Crippen molar-refractivity contribution in [3.63, 3.8) is 0 Å². The summed E-state index contributed by atoms with van der Waals surface area (Å²) < 4.78 is 29.0. The number of aryl methyl sites for hydroxylation is 1. The Morgan fingerprint density at radius 2 is 2.13 bits per heavy atom. The number of nitrogens with one attached hydrogen (secondary N) is 1. The first-order valence-corrected chi connectivity index (χ1v) is 12.1. The molecule has 1 aromatic carbocycles. The molecule has 1 aliphatic rings. The highest BCUT2D eigenvalue weighted by Gasteiger charge is 2.28. The molecule has 2 heterocycles. The zero-order valence-corrected chi connectivity index (χ0v) is 18.8. The van der Waals surface area contributed by atoms with Crippen molar-refractivity contribution in [2.24, 2.45) is 5.92 Å². The fourth-order valence-electron chi connectivity index (χ4n) is 3.78. The van der Waals surface area contributed by atoms with Crippen LogP contribution in [0.1, 0.15) is 31.9 Å². The van der Waals surface area contributed by atoms with Crippen LogP contribution in [0.15, 0.2) is 23.1 Å². The lowest BCUT2D eigenvalue weighted by Crippen LogP contribution is -2.47. The summed E-state index contributed by atoms with van der Waals surface area (Å²) in [5, 5.41) is 3.90. The number of benzene rings is 1. The fourth-order valence-corrected chi connectivity index (χ4v) is 4.42. The first kappa shape index (κ1) is 22.4. The van der Waals surface area contributed by atoms with E-state index in [2.05, 4.69) is 15.3 Å². The molecule has 164 valence electrons. The number of aromatic nitrogens is 2. The van der Waals surface area contributed by atoms with Crippen molar-refractivity contribution < 1.29 is 17.9 Å². The Balaban J connectivity index is 1.83. The number of hydrogen-bond donors (Lipinski definition) is 1. The maximum absolute atomic E-state index is 12.8. The number of sulfone groups is 1. The number of ether oxygens (including phenoxy) is 1. The molecule has 1 aromatic heterocycles. The highest BCUT2D eigenvalue weighted by Crippen LogP contribution is 2.25. The van der Waals surface area contributed by atoms with Gasteiger partial charge in [0.05, 0.1) is 34.7 Å². The molecule has 1 fully saturated rings. The molecule has 8 nitrogen and oxygen atoms in total. The smallest absolute Gasteiger partial charge is 0.226 e. The second-order valence-electron chi connectivity index (χ2n) is 7.91. The van der Waals surface area contributed by atoms with E-state index < -0.39 is 9.84 Å². The molecule has 3 rings (SSSR count). The third-order valence-electron chi connectivity index (χ3n) is 5.56. The monoisotopic (exact) mass is 434 g/mol. The van der Waals surface area contributed by atoms with Crippen molar-refractivity contribution >= 4 is 32.6 Å². The highest BCUT2D eigenvalue weighted by molar-refractivity contribution is 7.90. The van der Waals surface area contributed by atoms with E-state index in [1.54, 1.807) is 25.3 Å². The molecular formula is C21H30N4O4S. The number of carbonyl (C=O) groups excluding carboxylic acids is 1. The van der Waals surface area contributed by atoms with Gasteiger partial charge in [-0.25, -0.2) is 18.4 Å². The lowest BCUT2D eigenvalue weighted by atomic mass is 9.97. The Kier molecular flexibility index (Phi) is 6.92. The number of fused-ring (bicyclic) bond motifs is 1. The molecular weight excluding hydrogens is 404 g/mol. The van der Waals surface area contributed by atoms with Crippen LogP contribution in [0.25, 0.3) is 10.9 Å². The first-order valence-electron chi connectivity index (χ1n) is 10.3. The number of nitrogens with zero attached hydrogens (tertiary/aromatic N) is 3. The Bertz CT molecular complexity index is 1030.